The van der Waals surface area contributed by atoms with Gasteiger partial charge >= 0.3 is 5.97 Å². The van der Waals surface area contributed by atoms with E-state index in [1.54, 1.807) is 41.4 Å². The predicted octanol–water partition coefficient (Wildman–Crippen LogP) is 1.88. The Labute approximate surface area is 149 Å². The van der Waals surface area contributed by atoms with Crippen molar-refractivity contribution in [3.63, 3.8) is 0 Å². The van der Waals surface area contributed by atoms with Gasteiger partial charge in [0.25, 0.3) is 5.91 Å². The zero-order valence-electron chi connectivity index (χ0n) is 13.9. The second-order valence-corrected chi connectivity index (χ2v) is 6.29. The number of piperidine rings is 1. The largest absolute Gasteiger partial charge is 0.478 e. The summed E-state index contributed by atoms with van der Waals surface area (Å²) in [5, 5.41) is 9.76. The summed E-state index contributed by atoms with van der Waals surface area (Å²) in [5.74, 6) is 0.357. The predicted molar refractivity (Wildman–Crippen MR) is 89.5 cm³/mol. The van der Waals surface area contributed by atoms with Crippen LogP contribution >= 0.6 is 0 Å². The quantitative estimate of drug-likeness (QED) is 0.865. The Balaban J connectivity index is 1.48. The topological polar surface area (TPSA) is 101 Å². The molecule has 0 atom stereocenters. The summed E-state index contributed by atoms with van der Waals surface area (Å²) < 4.78 is 16.4. The molecule has 1 amide bonds. The van der Waals surface area contributed by atoms with Gasteiger partial charge in [-0.25, -0.2) is 4.79 Å². The summed E-state index contributed by atoms with van der Waals surface area (Å²) in [6, 6.07) is 8.43. The molecule has 0 bridgehead atoms. The lowest BCUT2D eigenvalue weighted by Gasteiger charge is -2.38. The van der Waals surface area contributed by atoms with Crippen molar-refractivity contribution in [2.75, 3.05) is 19.9 Å². The average molecular weight is 358 g/mol. The van der Waals surface area contributed by atoms with E-state index in [1.807, 2.05) is 0 Å². The Bertz CT molecular complexity index is 824. The number of likely N-dealkylation sites (tertiary alicyclic amines) is 1. The highest BCUT2D eigenvalue weighted by atomic mass is 16.7. The number of carboxylic acids is 1. The van der Waals surface area contributed by atoms with E-state index in [0.717, 1.165) is 0 Å². The van der Waals surface area contributed by atoms with Crippen molar-refractivity contribution < 1.29 is 28.9 Å². The van der Waals surface area contributed by atoms with Crippen molar-refractivity contribution in [1.82, 2.24) is 9.88 Å². The minimum absolute atomic E-state index is 0.138. The summed E-state index contributed by atoms with van der Waals surface area (Å²) in [7, 11) is 0. The summed E-state index contributed by atoms with van der Waals surface area (Å²) in [4.78, 5) is 28.8. The first-order valence-corrected chi connectivity index (χ1v) is 8.32. The van der Waals surface area contributed by atoms with Crippen molar-refractivity contribution in [2.24, 2.45) is 0 Å². The zero-order valence-corrected chi connectivity index (χ0v) is 13.9. The second kappa shape index (κ2) is 6.29. The Morgan fingerprint density at radius 3 is 2.62 bits per heavy atom. The molecule has 8 nitrogen and oxygen atoms in total. The molecule has 26 heavy (non-hydrogen) atoms. The molecule has 0 saturated carbocycles. The van der Waals surface area contributed by atoms with Crippen LogP contribution in [0.2, 0.25) is 0 Å². The van der Waals surface area contributed by atoms with Crippen molar-refractivity contribution in [3.05, 3.63) is 42.2 Å². The van der Waals surface area contributed by atoms with Gasteiger partial charge < -0.3 is 29.2 Å². The molecule has 0 radical (unpaired) electrons. The van der Waals surface area contributed by atoms with E-state index in [4.69, 9.17) is 14.2 Å². The SMILES string of the molecule is O=C(c1ccc[nH]1)N1CCC(Oc2ccc3c(c2)OCO3)(C(=O)O)CC1. The first-order chi connectivity index (χ1) is 12.6. The standard InChI is InChI=1S/C18H18N2O6/c21-16(13-2-1-7-19-13)20-8-5-18(6-9-20,17(22)23)26-12-3-4-14-15(10-12)25-11-24-14/h1-4,7,10,19H,5-6,8-9,11H2,(H,22,23). The first-order valence-electron chi connectivity index (χ1n) is 8.32. The number of carboxylic acid groups (broad SMARTS) is 1. The number of hydrogen-bond acceptors (Lipinski definition) is 5. The van der Waals surface area contributed by atoms with Crippen LogP contribution in [0.1, 0.15) is 23.3 Å². The van der Waals surface area contributed by atoms with E-state index < -0.39 is 11.6 Å². The number of fused-ring (bicyclic) bond motifs is 1. The van der Waals surface area contributed by atoms with Crippen molar-refractivity contribution >= 4 is 11.9 Å². The fourth-order valence-electron chi connectivity index (χ4n) is 3.23. The molecule has 136 valence electrons. The maximum absolute atomic E-state index is 12.4. The van der Waals surface area contributed by atoms with Gasteiger partial charge in [-0.1, -0.05) is 0 Å². The highest BCUT2D eigenvalue weighted by Crippen LogP contribution is 2.38. The molecule has 2 aliphatic heterocycles. The van der Waals surface area contributed by atoms with Gasteiger partial charge in [-0.05, 0) is 24.3 Å². The van der Waals surface area contributed by atoms with E-state index in [0.29, 0.717) is 36.0 Å². The lowest BCUT2D eigenvalue weighted by atomic mass is 9.91. The lowest BCUT2D eigenvalue weighted by molar-refractivity contribution is -0.159. The smallest absolute Gasteiger partial charge is 0.348 e. The molecule has 0 unspecified atom stereocenters. The Morgan fingerprint density at radius 1 is 1.15 bits per heavy atom. The normalized spacial score (nSPS) is 17.8. The Hall–Kier alpha value is -3.16. The molecular formula is C18H18N2O6. The third kappa shape index (κ3) is 2.83. The fourth-order valence-corrected chi connectivity index (χ4v) is 3.23. The molecule has 2 N–H and O–H groups in total. The minimum atomic E-state index is -1.37. The highest BCUT2D eigenvalue weighted by molar-refractivity contribution is 5.92. The molecule has 4 rings (SSSR count). The van der Waals surface area contributed by atoms with Gasteiger partial charge in [0.15, 0.2) is 11.5 Å². The monoisotopic (exact) mass is 358 g/mol. The van der Waals surface area contributed by atoms with Crippen molar-refractivity contribution in [1.29, 1.82) is 0 Å². The van der Waals surface area contributed by atoms with E-state index in [2.05, 4.69) is 4.98 Å². The van der Waals surface area contributed by atoms with Crippen LogP contribution in [0, 0.1) is 0 Å². The summed E-state index contributed by atoms with van der Waals surface area (Å²) in [6.07, 6.45) is 2.08. The van der Waals surface area contributed by atoms with Crippen LogP contribution in [0.4, 0.5) is 0 Å². The van der Waals surface area contributed by atoms with E-state index in [9.17, 15) is 14.7 Å². The molecule has 1 saturated heterocycles. The number of H-pyrrole nitrogens is 1. The molecule has 1 aromatic carbocycles. The van der Waals surface area contributed by atoms with Gasteiger partial charge in [-0.3, -0.25) is 4.79 Å². The molecule has 8 heteroatoms. The number of hydrogen-bond donors (Lipinski definition) is 2. The van der Waals surface area contributed by atoms with Crippen molar-refractivity contribution in [2.45, 2.75) is 18.4 Å². The van der Waals surface area contributed by atoms with Gasteiger partial charge in [0.2, 0.25) is 12.4 Å². The molecular weight excluding hydrogens is 340 g/mol. The van der Waals surface area contributed by atoms with Crippen LogP contribution < -0.4 is 14.2 Å². The van der Waals surface area contributed by atoms with Crippen LogP contribution in [-0.2, 0) is 4.79 Å². The minimum Gasteiger partial charge on any atom is -0.478 e. The highest BCUT2D eigenvalue weighted by Gasteiger charge is 2.45. The number of nitrogens with one attached hydrogen (secondary N) is 1. The molecule has 0 aliphatic carbocycles. The summed E-state index contributed by atoms with van der Waals surface area (Å²) in [6.45, 7) is 0.738. The van der Waals surface area contributed by atoms with Gasteiger partial charge in [-0.2, -0.15) is 0 Å². The van der Waals surface area contributed by atoms with Crippen LogP contribution in [0.5, 0.6) is 17.2 Å². The number of benzene rings is 1. The second-order valence-electron chi connectivity index (χ2n) is 6.29. The van der Waals surface area contributed by atoms with Crippen LogP contribution in [0.25, 0.3) is 0 Å². The van der Waals surface area contributed by atoms with Crippen LogP contribution in [0.3, 0.4) is 0 Å². The number of aromatic amines is 1. The van der Waals surface area contributed by atoms with Crippen LogP contribution in [0.15, 0.2) is 36.5 Å². The fraction of sp³-hybridized carbons (Fsp3) is 0.333. The number of amides is 1. The maximum Gasteiger partial charge on any atom is 0.348 e. The molecule has 1 fully saturated rings. The van der Waals surface area contributed by atoms with Gasteiger partial charge in [0.1, 0.15) is 11.4 Å². The average Bonchev–Trinajstić information content (AvgIpc) is 3.33. The molecule has 1 aromatic heterocycles. The Kier molecular flexibility index (Phi) is 3.95. The number of ether oxygens (including phenoxy) is 3. The van der Waals surface area contributed by atoms with Gasteiger partial charge in [0, 0.05) is 38.2 Å². The van der Waals surface area contributed by atoms with E-state index in [1.165, 1.54) is 0 Å². The third-order valence-electron chi connectivity index (χ3n) is 4.73. The first kappa shape index (κ1) is 16.3. The van der Waals surface area contributed by atoms with Gasteiger partial charge in [0.05, 0.1) is 0 Å². The lowest BCUT2D eigenvalue weighted by Crippen LogP contribution is -2.54. The summed E-state index contributed by atoms with van der Waals surface area (Å²) >= 11 is 0. The number of rotatable bonds is 4. The Morgan fingerprint density at radius 2 is 1.92 bits per heavy atom. The molecule has 3 heterocycles. The van der Waals surface area contributed by atoms with Crippen molar-refractivity contribution in [3.8, 4) is 17.2 Å². The number of carbonyl (C=O) groups excluding carboxylic acids is 1. The number of nitrogens with zero attached hydrogens (tertiary/aromatic N) is 1. The number of aliphatic carboxylic acids is 1. The van der Waals surface area contributed by atoms with E-state index in [-0.39, 0.29) is 25.5 Å². The van der Waals surface area contributed by atoms with Gasteiger partial charge in [-0.15, -0.1) is 0 Å². The molecule has 0 spiro atoms. The number of carbonyl (C=O) groups is 2. The maximum atomic E-state index is 12.4. The third-order valence-corrected chi connectivity index (χ3v) is 4.73. The van der Waals surface area contributed by atoms with E-state index >= 15 is 0 Å². The van der Waals surface area contributed by atoms with Crippen LogP contribution in [-0.4, -0.2) is 52.4 Å². The zero-order chi connectivity index (χ0) is 18.1. The molecule has 2 aromatic rings. The number of aromatic nitrogens is 1. The molecule has 2 aliphatic rings. The summed E-state index contributed by atoms with van der Waals surface area (Å²) in [5.41, 5.74) is -0.884.